The summed E-state index contributed by atoms with van der Waals surface area (Å²) in [6.45, 7) is 3.00. The zero-order valence-corrected chi connectivity index (χ0v) is 8.78. The van der Waals surface area contributed by atoms with Gasteiger partial charge in [0, 0.05) is 19.6 Å². The standard InChI is InChI=1S/C9H18N2S/c1-3-10-9(12)11(2)8-6-4-5-7-8/h8H,3-7H2,1-2H3,(H,10,12). The fraction of sp³-hybridized carbons (Fsp3) is 0.889. The van der Waals surface area contributed by atoms with Crippen molar-refractivity contribution < 1.29 is 0 Å². The van der Waals surface area contributed by atoms with E-state index in [1.165, 1.54) is 25.7 Å². The molecule has 0 radical (unpaired) electrons. The highest BCUT2D eigenvalue weighted by Gasteiger charge is 2.20. The lowest BCUT2D eigenvalue weighted by atomic mass is 10.2. The van der Waals surface area contributed by atoms with Crippen LogP contribution in [0.25, 0.3) is 0 Å². The number of hydrogen-bond donors (Lipinski definition) is 1. The number of nitrogens with zero attached hydrogens (tertiary/aromatic N) is 1. The predicted molar refractivity (Wildman–Crippen MR) is 56.3 cm³/mol. The van der Waals surface area contributed by atoms with Crippen LogP contribution in [-0.2, 0) is 0 Å². The van der Waals surface area contributed by atoms with Crippen molar-refractivity contribution >= 4 is 17.3 Å². The molecule has 1 saturated carbocycles. The van der Waals surface area contributed by atoms with E-state index in [0.29, 0.717) is 6.04 Å². The van der Waals surface area contributed by atoms with E-state index < -0.39 is 0 Å². The largest absolute Gasteiger partial charge is 0.363 e. The Morgan fingerprint density at radius 3 is 2.58 bits per heavy atom. The van der Waals surface area contributed by atoms with Gasteiger partial charge in [-0.2, -0.15) is 0 Å². The zero-order chi connectivity index (χ0) is 8.97. The van der Waals surface area contributed by atoms with Crippen LogP contribution in [0.1, 0.15) is 32.6 Å². The van der Waals surface area contributed by atoms with E-state index in [-0.39, 0.29) is 0 Å². The quantitative estimate of drug-likeness (QED) is 0.662. The third-order valence-corrected chi connectivity index (χ3v) is 2.95. The predicted octanol–water partition coefficient (Wildman–Crippen LogP) is 1.76. The second-order valence-corrected chi connectivity index (χ2v) is 3.77. The van der Waals surface area contributed by atoms with Crippen molar-refractivity contribution in [1.82, 2.24) is 10.2 Å². The number of nitrogens with one attached hydrogen (secondary N) is 1. The molecule has 1 aliphatic rings. The molecule has 0 amide bonds. The lowest BCUT2D eigenvalue weighted by molar-refractivity contribution is 0.367. The molecule has 0 spiro atoms. The van der Waals surface area contributed by atoms with Crippen LogP contribution in [0, 0.1) is 0 Å². The van der Waals surface area contributed by atoms with E-state index in [9.17, 15) is 0 Å². The Labute approximate surface area is 80.3 Å². The molecular weight excluding hydrogens is 168 g/mol. The van der Waals surface area contributed by atoms with Crippen LogP contribution >= 0.6 is 12.2 Å². The number of hydrogen-bond acceptors (Lipinski definition) is 1. The minimum atomic E-state index is 0.691. The van der Waals surface area contributed by atoms with Gasteiger partial charge >= 0.3 is 0 Å². The highest BCUT2D eigenvalue weighted by molar-refractivity contribution is 7.80. The summed E-state index contributed by atoms with van der Waals surface area (Å²) in [5, 5.41) is 4.09. The molecule has 1 fully saturated rings. The van der Waals surface area contributed by atoms with E-state index in [4.69, 9.17) is 12.2 Å². The van der Waals surface area contributed by atoms with Crippen molar-refractivity contribution in [2.24, 2.45) is 0 Å². The second kappa shape index (κ2) is 4.65. The Morgan fingerprint density at radius 1 is 1.50 bits per heavy atom. The monoisotopic (exact) mass is 186 g/mol. The summed E-state index contributed by atoms with van der Waals surface area (Å²) < 4.78 is 0. The first kappa shape index (κ1) is 9.78. The third-order valence-electron chi connectivity index (χ3n) is 2.52. The maximum atomic E-state index is 5.23. The van der Waals surface area contributed by atoms with Gasteiger partial charge in [-0.3, -0.25) is 0 Å². The lowest BCUT2D eigenvalue weighted by Gasteiger charge is -2.26. The first-order chi connectivity index (χ1) is 5.75. The SMILES string of the molecule is CCNC(=S)N(C)C1CCCC1. The van der Waals surface area contributed by atoms with Gasteiger partial charge in [0.15, 0.2) is 5.11 Å². The summed E-state index contributed by atoms with van der Waals surface area (Å²) >= 11 is 5.23. The summed E-state index contributed by atoms with van der Waals surface area (Å²) in [6, 6.07) is 0.691. The Kier molecular flexibility index (Phi) is 3.79. The van der Waals surface area contributed by atoms with Gasteiger partial charge in [0.25, 0.3) is 0 Å². The van der Waals surface area contributed by atoms with E-state index in [1.54, 1.807) is 0 Å². The summed E-state index contributed by atoms with van der Waals surface area (Å²) in [5.74, 6) is 0. The first-order valence-electron chi connectivity index (χ1n) is 4.76. The Balaban J connectivity index is 2.34. The van der Waals surface area contributed by atoms with Gasteiger partial charge in [0.05, 0.1) is 0 Å². The Morgan fingerprint density at radius 2 is 2.08 bits per heavy atom. The van der Waals surface area contributed by atoms with Gasteiger partial charge in [-0.25, -0.2) is 0 Å². The summed E-state index contributed by atoms with van der Waals surface area (Å²) in [7, 11) is 2.10. The van der Waals surface area contributed by atoms with Crippen molar-refractivity contribution in [1.29, 1.82) is 0 Å². The molecule has 0 atom stereocenters. The van der Waals surface area contributed by atoms with E-state index >= 15 is 0 Å². The molecule has 0 aromatic rings. The molecule has 0 aromatic heterocycles. The van der Waals surface area contributed by atoms with Crippen LogP contribution < -0.4 is 5.32 Å². The normalized spacial score (nSPS) is 17.8. The van der Waals surface area contributed by atoms with Gasteiger partial charge in [0.1, 0.15) is 0 Å². The summed E-state index contributed by atoms with van der Waals surface area (Å²) in [5.41, 5.74) is 0. The molecule has 0 bridgehead atoms. The van der Waals surface area contributed by atoms with Gasteiger partial charge in [-0.1, -0.05) is 12.8 Å². The second-order valence-electron chi connectivity index (χ2n) is 3.38. The maximum absolute atomic E-state index is 5.23. The van der Waals surface area contributed by atoms with Gasteiger partial charge in [0.2, 0.25) is 0 Å². The summed E-state index contributed by atoms with van der Waals surface area (Å²) in [6.07, 6.45) is 5.34. The molecule has 0 saturated heterocycles. The lowest BCUT2D eigenvalue weighted by Crippen LogP contribution is -2.42. The fourth-order valence-corrected chi connectivity index (χ4v) is 2.03. The summed E-state index contributed by atoms with van der Waals surface area (Å²) in [4.78, 5) is 2.21. The smallest absolute Gasteiger partial charge is 0.168 e. The van der Waals surface area contributed by atoms with E-state index in [0.717, 1.165) is 11.7 Å². The highest BCUT2D eigenvalue weighted by atomic mass is 32.1. The molecular formula is C9H18N2S. The molecule has 1 aliphatic carbocycles. The molecule has 3 heteroatoms. The van der Waals surface area contributed by atoms with Crippen LogP contribution in [0.4, 0.5) is 0 Å². The minimum Gasteiger partial charge on any atom is -0.363 e. The topological polar surface area (TPSA) is 15.3 Å². The molecule has 12 heavy (non-hydrogen) atoms. The van der Waals surface area contributed by atoms with Gasteiger partial charge < -0.3 is 10.2 Å². The minimum absolute atomic E-state index is 0.691. The molecule has 70 valence electrons. The van der Waals surface area contributed by atoms with Gasteiger partial charge in [-0.05, 0) is 32.0 Å². The average Bonchev–Trinajstić information content (AvgIpc) is 2.55. The molecule has 1 N–H and O–H groups in total. The van der Waals surface area contributed by atoms with Crippen LogP contribution in [0.5, 0.6) is 0 Å². The molecule has 0 heterocycles. The average molecular weight is 186 g/mol. The number of thiocarbonyl (C=S) groups is 1. The molecule has 0 aromatic carbocycles. The highest BCUT2D eigenvalue weighted by Crippen LogP contribution is 2.22. The van der Waals surface area contributed by atoms with Crippen molar-refractivity contribution in [2.45, 2.75) is 38.6 Å². The fourth-order valence-electron chi connectivity index (χ4n) is 1.73. The third kappa shape index (κ3) is 2.34. The van der Waals surface area contributed by atoms with Crippen molar-refractivity contribution in [3.05, 3.63) is 0 Å². The van der Waals surface area contributed by atoms with Crippen molar-refractivity contribution in [3.8, 4) is 0 Å². The van der Waals surface area contributed by atoms with Gasteiger partial charge in [-0.15, -0.1) is 0 Å². The van der Waals surface area contributed by atoms with Crippen molar-refractivity contribution in [3.63, 3.8) is 0 Å². The Hall–Kier alpha value is -0.310. The molecule has 0 unspecified atom stereocenters. The maximum Gasteiger partial charge on any atom is 0.168 e. The molecule has 2 nitrogen and oxygen atoms in total. The van der Waals surface area contributed by atoms with E-state index in [1.807, 2.05) is 0 Å². The molecule has 1 rings (SSSR count). The zero-order valence-electron chi connectivity index (χ0n) is 7.97. The number of rotatable bonds is 2. The van der Waals surface area contributed by atoms with Crippen molar-refractivity contribution in [2.75, 3.05) is 13.6 Å². The van der Waals surface area contributed by atoms with Crippen LogP contribution in [0.15, 0.2) is 0 Å². The molecule has 0 aliphatic heterocycles. The van der Waals surface area contributed by atoms with Crippen LogP contribution in [0.2, 0.25) is 0 Å². The van der Waals surface area contributed by atoms with Crippen LogP contribution in [0.3, 0.4) is 0 Å². The van der Waals surface area contributed by atoms with E-state index in [2.05, 4.69) is 24.2 Å². The first-order valence-corrected chi connectivity index (χ1v) is 5.17. The Bertz CT molecular complexity index is 153. The van der Waals surface area contributed by atoms with Crippen LogP contribution in [-0.4, -0.2) is 29.6 Å².